The Morgan fingerprint density at radius 2 is 2.00 bits per heavy atom. The van der Waals surface area contributed by atoms with Gasteiger partial charge in [0.1, 0.15) is 5.60 Å². The van der Waals surface area contributed by atoms with E-state index in [1.807, 2.05) is 51.1 Å². The van der Waals surface area contributed by atoms with Crippen LogP contribution in [-0.2, 0) is 17.8 Å². The van der Waals surface area contributed by atoms with E-state index < -0.39 is 5.60 Å². The molecule has 2 heterocycles. The maximum absolute atomic E-state index is 12.6. The summed E-state index contributed by atoms with van der Waals surface area (Å²) in [6, 6.07) is 9.61. The molecule has 0 aliphatic heterocycles. The topological polar surface area (TPSA) is 91.7 Å². The van der Waals surface area contributed by atoms with Crippen molar-refractivity contribution in [2.75, 3.05) is 20.1 Å². The predicted octanol–water partition coefficient (Wildman–Crippen LogP) is 2.97. The van der Waals surface area contributed by atoms with Crippen LogP contribution in [-0.4, -0.2) is 52.7 Å². The summed E-state index contributed by atoms with van der Waals surface area (Å²) in [5.74, 6) is 0.691. The third-order valence-electron chi connectivity index (χ3n) is 4.03. The van der Waals surface area contributed by atoms with Gasteiger partial charge in [0.05, 0.1) is 18.8 Å². The Labute approximate surface area is 178 Å². The van der Waals surface area contributed by atoms with Crippen molar-refractivity contribution in [3.05, 3.63) is 60.2 Å². The van der Waals surface area contributed by atoms with E-state index in [4.69, 9.17) is 4.74 Å². The van der Waals surface area contributed by atoms with Gasteiger partial charge in [0.15, 0.2) is 5.96 Å². The van der Waals surface area contributed by atoms with E-state index in [0.29, 0.717) is 32.1 Å². The Bertz CT molecular complexity index is 790. The number of guanidine groups is 1. The lowest BCUT2D eigenvalue weighted by Crippen LogP contribution is -2.40. The fourth-order valence-electron chi connectivity index (χ4n) is 2.65. The first-order chi connectivity index (χ1) is 14.4. The van der Waals surface area contributed by atoms with Crippen molar-refractivity contribution in [2.24, 2.45) is 4.99 Å². The standard InChI is InChI=1S/C22H32N6O2/c1-22(2,3)30-21(29)28(17-18-9-7-11-24-15-18)14-8-13-26-20(23-4)27-16-19-10-5-6-12-25-19/h5-7,9-12,15H,8,13-14,16-17H2,1-4H3,(H2,23,26,27). The van der Waals surface area contributed by atoms with Crippen molar-refractivity contribution in [3.8, 4) is 0 Å². The van der Waals surface area contributed by atoms with Crippen LogP contribution >= 0.6 is 0 Å². The molecule has 0 aliphatic carbocycles. The number of nitrogens with one attached hydrogen (secondary N) is 2. The zero-order valence-electron chi connectivity index (χ0n) is 18.3. The van der Waals surface area contributed by atoms with E-state index in [0.717, 1.165) is 17.7 Å². The smallest absolute Gasteiger partial charge is 0.410 e. The van der Waals surface area contributed by atoms with Crippen molar-refractivity contribution in [2.45, 2.75) is 45.9 Å². The van der Waals surface area contributed by atoms with Gasteiger partial charge < -0.3 is 20.3 Å². The summed E-state index contributed by atoms with van der Waals surface area (Å²) in [4.78, 5) is 27.0. The Kier molecular flexibility index (Phi) is 9.05. The molecular weight excluding hydrogens is 380 g/mol. The molecule has 30 heavy (non-hydrogen) atoms. The van der Waals surface area contributed by atoms with Crippen molar-refractivity contribution < 1.29 is 9.53 Å². The molecule has 8 heteroatoms. The number of aromatic nitrogens is 2. The Morgan fingerprint density at radius 1 is 1.17 bits per heavy atom. The second kappa shape index (κ2) is 11.7. The van der Waals surface area contributed by atoms with Crippen LogP contribution in [0.1, 0.15) is 38.4 Å². The van der Waals surface area contributed by atoms with Crippen molar-refractivity contribution >= 4 is 12.1 Å². The number of pyridine rings is 2. The molecule has 162 valence electrons. The van der Waals surface area contributed by atoms with Crippen LogP contribution in [0, 0.1) is 0 Å². The quantitative estimate of drug-likeness (QED) is 0.393. The summed E-state index contributed by atoms with van der Waals surface area (Å²) in [6.45, 7) is 7.85. The first-order valence-corrected chi connectivity index (χ1v) is 10.1. The molecule has 0 atom stereocenters. The van der Waals surface area contributed by atoms with Crippen LogP contribution in [0.15, 0.2) is 53.9 Å². The first kappa shape index (κ1) is 23.1. The van der Waals surface area contributed by atoms with Crippen molar-refractivity contribution in [1.82, 2.24) is 25.5 Å². The SMILES string of the molecule is CN=C(NCCCN(Cc1cccnc1)C(=O)OC(C)(C)C)NCc1ccccn1. The van der Waals surface area contributed by atoms with E-state index in [2.05, 4.69) is 25.6 Å². The highest BCUT2D eigenvalue weighted by atomic mass is 16.6. The van der Waals surface area contributed by atoms with Gasteiger partial charge >= 0.3 is 6.09 Å². The molecule has 2 N–H and O–H groups in total. The van der Waals surface area contributed by atoms with E-state index >= 15 is 0 Å². The maximum atomic E-state index is 12.6. The number of hydrogen-bond acceptors (Lipinski definition) is 5. The fraction of sp³-hybridized carbons (Fsp3) is 0.455. The molecule has 0 saturated carbocycles. The third-order valence-corrected chi connectivity index (χ3v) is 4.03. The lowest BCUT2D eigenvalue weighted by atomic mass is 10.2. The predicted molar refractivity (Wildman–Crippen MR) is 118 cm³/mol. The maximum Gasteiger partial charge on any atom is 0.410 e. The van der Waals surface area contributed by atoms with Crippen LogP contribution in [0.5, 0.6) is 0 Å². The van der Waals surface area contributed by atoms with Gasteiger partial charge in [0.2, 0.25) is 0 Å². The summed E-state index contributed by atoms with van der Waals surface area (Å²) in [6.07, 6.45) is 5.65. The van der Waals surface area contributed by atoms with Gasteiger partial charge in [-0.05, 0) is 51.0 Å². The minimum Gasteiger partial charge on any atom is -0.444 e. The summed E-state index contributed by atoms with van der Waals surface area (Å²) < 4.78 is 5.56. The molecule has 8 nitrogen and oxygen atoms in total. The second-order valence-electron chi connectivity index (χ2n) is 7.79. The molecule has 0 aliphatic rings. The van der Waals surface area contributed by atoms with E-state index in [-0.39, 0.29) is 6.09 Å². The Balaban J connectivity index is 1.83. The number of aliphatic imine (C=N–C) groups is 1. The molecular formula is C22H32N6O2. The molecule has 0 aromatic carbocycles. The number of carbonyl (C=O) groups excluding carboxylic acids is 1. The van der Waals surface area contributed by atoms with Gasteiger partial charge in [-0.1, -0.05) is 12.1 Å². The summed E-state index contributed by atoms with van der Waals surface area (Å²) in [7, 11) is 1.73. The second-order valence-corrected chi connectivity index (χ2v) is 7.79. The van der Waals surface area contributed by atoms with Crippen molar-refractivity contribution in [1.29, 1.82) is 0 Å². The molecule has 2 aromatic rings. The minimum absolute atomic E-state index is 0.330. The lowest BCUT2D eigenvalue weighted by Gasteiger charge is -2.27. The number of rotatable bonds is 8. The summed E-state index contributed by atoms with van der Waals surface area (Å²) in [5.41, 5.74) is 1.36. The lowest BCUT2D eigenvalue weighted by molar-refractivity contribution is 0.0232. The molecule has 0 bridgehead atoms. The average molecular weight is 413 g/mol. The largest absolute Gasteiger partial charge is 0.444 e. The first-order valence-electron chi connectivity index (χ1n) is 10.1. The van der Waals surface area contributed by atoms with Crippen LogP contribution in [0.2, 0.25) is 0 Å². The highest BCUT2D eigenvalue weighted by Gasteiger charge is 2.22. The van der Waals surface area contributed by atoms with Gasteiger partial charge in [-0.15, -0.1) is 0 Å². The van der Waals surface area contributed by atoms with Crippen LogP contribution in [0.4, 0.5) is 4.79 Å². The van der Waals surface area contributed by atoms with Gasteiger partial charge in [-0.2, -0.15) is 0 Å². The monoisotopic (exact) mass is 412 g/mol. The molecule has 0 spiro atoms. The van der Waals surface area contributed by atoms with Gasteiger partial charge in [-0.25, -0.2) is 4.79 Å². The van der Waals surface area contributed by atoms with Gasteiger partial charge in [0, 0.05) is 38.7 Å². The van der Waals surface area contributed by atoms with Crippen molar-refractivity contribution in [3.63, 3.8) is 0 Å². The normalized spacial score (nSPS) is 11.7. The molecule has 2 rings (SSSR count). The molecule has 0 radical (unpaired) electrons. The molecule has 0 fully saturated rings. The van der Waals surface area contributed by atoms with E-state index in [1.54, 1.807) is 30.5 Å². The number of nitrogens with zero attached hydrogens (tertiary/aromatic N) is 4. The third kappa shape index (κ3) is 8.89. The van der Waals surface area contributed by atoms with Crippen LogP contribution in [0.25, 0.3) is 0 Å². The van der Waals surface area contributed by atoms with E-state index in [1.165, 1.54) is 0 Å². The highest BCUT2D eigenvalue weighted by Crippen LogP contribution is 2.12. The van der Waals surface area contributed by atoms with Gasteiger partial charge in [-0.3, -0.25) is 15.0 Å². The summed E-state index contributed by atoms with van der Waals surface area (Å²) >= 11 is 0. The fourth-order valence-corrected chi connectivity index (χ4v) is 2.65. The van der Waals surface area contributed by atoms with Crippen LogP contribution < -0.4 is 10.6 Å². The highest BCUT2D eigenvalue weighted by molar-refractivity contribution is 5.79. The molecule has 0 unspecified atom stereocenters. The average Bonchev–Trinajstić information content (AvgIpc) is 2.72. The molecule has 1 amide bonds. The number of ether oxygens (including phenoxy) is 1. The molecule has 2 aromatic heterocycles. The number of amides is 1. The zero-order chi connectivity index (χ0) is 21.8. The molecule has 0 saturated heterocycles. The minimum atomic E-state index is -0.542. The summed E-state index contributed by atoms with van der Waals surface area (Å²) in [5, 5.41) is 6.50. The van der Waals surface area contributed by atoms with Gasteiger partial charge in [0.25, 0.3) is 0 Å². The Hall–Kier alpha value is -3.16. The number of hydrogen-bond donors (Lipinski definition) is 2. The number of carbonyl (C=O) groups is 1. The van der Waals surface area contributed by atoms with E-state index in [9.17, 15) is 4.79 Å². The Morgan fingerprint density at radius 3 is 2.63 bits per heavy atom. The zero-order valence-corrected chi connectivity index (χ0v) is 18.3. The van der Waals surface area contributed by atoms with Crippen LogP contribution in [0.3, 0.4) is 0 Å².